The Morgan fingerprint density at radius 2 is 1.96 bits per heavy atom. The third-order valence-corrected chi connectivity index (χ3v) is 7.98. The van der Waals surface area contributed by atoms with Gasteiger partial charge >= 0.3 is 0 Å². The molecule has 1 unspecified atom stereocenters. The highest BCUT2D eigenvalue weighted by atomic mass is 35.5. The Labute approximate surface area is 155 Å². The van der Waals surface area contributed by atoms with E-state index in [1.54, 1.807) is 15.6 Å². The molecular weight excluding hydrogens is 366 g/mol. The van der Waals surface area contributed by atoms with Crippen LogP contribution < -0.4 is 5.32 Å². The highest BCUT2D eigenvalue weighted by molar-refractivity contribution is 7.89. The van der Waals surface area contributed by atoms with Crippen LogP contribution in [-0.4, -0.2) is 63.4 Å². The summed E-state index contributed by atoms with van der Waals surface area (Å²) in [6.07, 6.45) is 2.55. The molecule has 2 fully saturated rings. The zero-order chi connectivity index (χ0) is 16.4. The third kappa shape index (κ3) is 4.51. The molecule has 0 saturated carbocycles. The van der Waals surface area contributed by atoms with Crippen molar-refractivity contribution in [3.63, 3.8) is 0 Å². The number of thiophene rings is 1. The largest absolute Gasteiger partial charge is 0.316 e. The fraction of sp³-hybridized carbons (Fsp3) is 0.750. The van der Waals surface area contributed by atoms with Crippen molar-refractivity contribution in [1.29, 1.82) is 0 Å². The summed E-state index contributed by atoms with van der Waals surface area (Å²) in [5.41, 5.74) is 0. The molecule has 24 heavy (non-hydrogen) atoms. The highest BCUT2D eigenvalue weighted by Gasteiger charge is 2.31. The fourth-order valence-electron chi connectivity index (χ4n) is 3.60. The van der Waals surface area contributed by atoms with Crippen molar-refractivity contribution in [2.75, 3.05) is 45.8 Å². The van der Waals surface area contributed by atoms with E-state index in [1.165, 1.54) is 12.8 Å². The number of sulfonamides is 1. The molecule has 1 N–H and O–H groups in total. The molecule has 8 heteroatoms. The smallest absolute Gasteiger partial charge is 0.244 e. The van der Waals surface area contributed by atoms with Gasteiger partial charge in [-0.25, -0.2) is 8.42 Å². The quantitative estimate of drug-likeness (QED) is 0.851. The van der Waals surface area contributed by atoms with Crippen LogP contribution in [0.1, 0.15) is 22.6 Å². The topological polar surface area (TPSA) is 52.7 Å². The van der Waals surface area contributed by atoms with E-state index in [0.29, 0.717) is 23.9 Å². The average molecular weight is 394 g/mol. The molecule has 3 heterocycles. The van der Waals surface area contributed by atoms with Crippen LogP contribution in [0.2, 0.25) is 0 Å². The molecular formula is C16H28ClN3O2S2. The predicted octanol–water partition coefficient (Wildman–Crippen LogP) is 2.09. The van der Waals surface area contributed by atoms with Crippen molar-refractivity contribution >= 4 is 33.8 Å². The predicted molar refractivity (Wildman–Crippen MR) is 102 cm³/mol. The van der Waals surface area contributed by atoms with Crippen LogP contribution in [-0.2, 0) is 10.0 Å². The van der Waals surface area contributed by atoms with Gasteiger partial charge < -0.3 is 10.2 Å². The van der Waals surface area contributed by atoms with Gasteiger partial charge in [0.2, 0.25) is 10.0 Å². The van der Waals surface area contributed by atoms with Crippen molar-refractivity contribution in [3.8, 4) is 0 Å². The Morgan fingerprint density at radius 3 is 2.50 bits per heavy atom. The van der Waals surface area contributed by atoms with Crippen LogP contribution in [0.15, 0.2) is 11.0 Å². The Kier molecular flexibility index (Phi) is 7.10. The molecule has 0 amide bonds. The third-order valence-electron chi connectivity index (χ3n) is 4.86. The molecule has 1 atom stereocenters. The Balaban J connectivity index is 0.00000208. The van der Waals surface area contributed by atoms with Crippen LogP contribution in [0.3, 0.4) is 0 Å². The zero-order valence-electron chi connectivity index (χ0n) is 14.5. The number of piperazine rings is 1. The number of halogens is 1. The summed E-state index contributed by atoms with van der Waals surface area (Å²) >= 11 is 1.56. The van der Waals surface area contributed by atoms with Crippen LogP contribution in [0.25, 0.3) is 0 Å². The van der Waals surface area contributed by atoms with Gasteiger partial charge in [-0.2, -0.15) is 4.31 Å². The standard InChI is InChI=1S/C16H27N3O2S2.ClH/c1-13-10-16(14(2)22-13)23(20,21)19-8-6-18(7-9-19)12-15-4-3-5-17-11-15;/h10,15,17H,3-9,11-12H2,1-2H3;1H. The lowest BCUT2D eigenvalue weighted by molar-refractivity contribution is 0.154. The minimum atomic E-state index is -3.32. The van der Waals surface area contributed by atoms with E-state index in [1.807, 2.05) is 19.9 Å². The highest BCUT2D eigenvalue weighted by Crippen LogP contribution is 2.28. The lowest BCUT2D eigenvalue weighted by Crippen LogP contribution is -2.50. The van der Waals surface area contributed by atoms with Crippen LogP contribution in [0, 0.1) is 19.8 Å². The number of piperidine rings is 1. The molecule has 0 aromatic carbocycles. The lowest BCUT2D eigenvalue weighted by atomic mass is 9.99. The Morgan fingerprint density at radius 1 is 1.25 bits per heavy atom. The summed E-state index contributed by atoms with van der Waals surface area (Å²) in [7, 11) is -3.32. The first kappa shape index (κ1) is 20.1. The normalized spacial score (nSPS) is 23.8. The molecule has 2 aliphatic rings. The van der Waals surface area contributed by atoms with Crippen molar-refractivity contribution in [2.24, 2.45) is 5.92 Å². The van der Waals surface area contributed by atoms with Gasteiger partial charge in [0.25, 0.3) is 0 Å². The van der Waals surface area contributed by atoms with E-state index >= 15 is 0 Å². The van der Waals surface area contributed by atoms with Crippen LogP contribution >= 0.6 is 23.7 Å². The second-order valence-corrected chi connectivity index (χ2v) is 10.1. The summed E-state index contributed by atoms with van der Waals surface area (Å²) in [6.45, 7) is 10.1. The second-order valence-electron chi connectivity index (χ2n) is 6.69. The lowest BCUT2D eigenvalue weighted by Gasteiger charge is -2.36. The molecule has 1 aromatic rings. The molecule has 0 spiro atoms. The monoisotopic (exact) mass is 393 g/mol. The first-order chi connectivity index (χ1) is 11.0. The molecule has 0 radical (unpaired) electrons. The average Bonchev–Trinajstić information content (AvgIpc) is 2.88. The number of nitrogens with zero attached hydrogens (tertiary/aromatic N) is 2. The first-order valence-corrected chi connectivity index (χ1v) is 10.7. The van der Waals surface area contributed by atoms with Gasteiger partial charge in [-0.15, -0.1) is 23.7 Å². The van der Waals surface area contributed by atoms with Crippen LogP contribution in [0.4, 0.5) is 0 Å². The van der Waals surface area contributed by atoms with Crippen molar-refractivity contribution in [3.05, 3.63) is 15.8 Å². The maximum atomic E-state index is 12.8. The van der Waals surface area contributed by atoms with E-state index in [4.69, 9.17) is 0 Å². The van der Waals surface area contributed by atoms with E-state index in [2.05, 4.69) is 10.2 Å². The van der Waals surface area contributed by atoms with Crippen LogP contribution in [0.5, 0.6) is 0 Å². The first-order valence-electron chi connectivity index (χ1n) is 8.47. The van der Waals surface area contributed by atoms with E-state index in [0.717, 1.165) is 42.5 Å². The van der Waals surface area contributed by atoms with Gasteiger partial charge in [0.15, 0.2) is 0 Å². The summed E-state index contributed by atoms with van der Waals surface area (Å²) in [4.78, 5) is 4.89. The summed E-state index contributed by atoms with van der Waals surface area (Å²) in [5, 5.41) is 3.46. The molecule has 138 valence electrons. The molecule has 0 bridgehead atoms. The molecule has 2 aliphatic heterocycles. The van der Waals surface area contributed by atoms with Crippen molar-refractivity contribution in [1.82, 2.24) is 14.5 Å². The maximum absolute atomic E-state index is 12.8. The van der Waals surface area contributed by atoms with Crippen molar-refractivity contribution in [2.45, 2.75) is 31.6 Å². The van der Waals surface area contributed by atoms with E-state index in [-0.39, 0.29) is 12.4 Å². The number of hydrogen-bond acceptors (Lipinski definition) is 5. The summed E-state index contributed by atoms with van der Waals surface area (Å²) < 4.78 is 27.3. The fourth-order valence-corrected chi connectivity index (χ4v) is 6.55. The molecule has 1 aromatic heterocycles. The molecule has 5 nitrogen and oxygen atoms in total. The zero-order valence-corrected chi connectivity index (χ0v) is 16.9. The van der Waals surface area contributed by atoms with Gasteiger partial charge in [0.05, 0.1) is 4.90 Å². The minimum absolute atomic E-state index is 0. The summed E-state index contributed by atoms with van der Waals surface area (Å²) in [5.74, 6) is 0.716. The number of aryl methyl sites for hydroxylation is 2. The van der Waals surface area contributed by atoms with Crippen molar-refractivity contribution < 1.29 is 8.42 Å². The SMILES string of the molecule is Cc1cc(S(=O)(=O)N2CCN(CC3CCCNC3)CC2)c(C)s1.Cl. The van der Waals surface area contributed by atoms with Gasteiger partial charge in [-0.1, -0.05) is 0 Å². The summed E-state index contributed by atoms with van der Waals surface area (Å²) in [6, 6.07) is 1.81. The molecule has 0 aliphatic carbocycles. The van der Waals surface area contributed by atoms with Gasteiger partial charge in [-0.3, -0.25) is 0 Å². The number of rotatable bonds is 4. The van der Waals surface area contributed by atoms with Gasteiger partial charge in [0.1, 0.15) is 0 Å². The van der Waals surface area contributed by atoms with E-state index < -0.39 is 10.0 Å². The second kappa shape index (κ2) is 8.47. The van der Waals surface area contributed by atoms with Gasteiger partial charge in [-0.05, 0) is 51.8 Å². The van der Waals surface area contributed by atoms with Gasteiger partial charge in [0, 0.05) is 42.5 Å². The minimum Gasteiger partial charge on any atom is -0.316 e. The molecule has 2 saturated heterocycles. The van der Waals surface area contributed by atoms with E-state index in [9.17, 15) is 8.42 Å². The number of hydrogen-bond donors (Lipinski definition) is 1. The Hall–Kier alpha value is -0.180. The number of nitrogens with one attached hydrogen (secondary N) is 1. The Bertz CT molecular complexity index is 634. The maximum Gasteiger partial charge on any atom is 0.244 e. The molecule has 3 rings (SSSR count).